The summed E-state index contributed by atoms with van der Waals surface area (Å²) in [5.74, 6) is 0. The van der Waals surface area contributed by atoms with Crippen LogP contribution in [0.2, 0.25) is 0 Å². The van der Waals surface area contributed by atoms with E-state index >= 15 is 0 Å². The van der Waals surface area contributed by atoms with Crippen LogP contribution in [0.1, 0.15) is 37.4 Å². The second-order valence-corrected chi connectivity index (χ2v) is 5.39. The van der Waals surface area contributed by atoms with E-state index in [1.54, 1.807) is 11.3 Å². The summed E-state index contributed by atoms with van der Waals surface area (Å²) in [5, 5.41) is 6.09. The van der Waals surface area contributed by atoms with Gasteiger partial charge in [-0.2, -0.15) is 0 Å². The van der Waals surface area contributed by atoms with Gasteiger partial charge >= 0.3 is 6.03 Å². The van der Waals surface area contributed by atoms with Gasteiger partial charge in [0.1, 0.15) is 0 Å². The van der Waals surface area contributed by atoms with Gasteiger partial charge in [-0.1, -0.05) is 13.8 Å². The molecule has 2 amide bonds. The third-order valence-corrected chi connectivity index (χ3v) is 3.42. The Morgan fingerprint density at radius 3 is 2.56 bits per heavy atom. The number of nitrogens with one attached hydrogen (secondary N) is 1. The van der Waals surface area contributed by atoms with Crippen molar-refractivity contribution >= 4 is 17.4 Å². The molecule has 0 aliphatic carbocycles. The highest BCUT2D eigenvalue weighted by atomic mass is 32.1. The molecule has 0 bridgehead atoms. The topological polar surface area (TPSA) is 45.2 Å². The molecule has 1 N–H and O–H groups in total. The van der Waals surface area contributed by atoms with Crippen LogP contribution in [-0.4, -0.2) is 35.5 Å². The largest absolute Gasteiger partial charge is 0.338 e. The lowest BCUT2D eigenvalue weighted by atomic mass is 10.3. The van der Waals surface area contributed by atoms with Crippen LogP contribution in [0.3, 0.4) is 0 Å². The molecular formula is C13H23N3OS. The van der Waals surface area contributed by atoms with Gasteiger partial charge in [0.15, 0.2) is 0 Å². The van der Waals surface area contributed by atoms with E-state index in [2.05, 4.69) is 29.5 Å². The maximum Gasteiger partial charge on any atom is 0.317 e. The van der Waals surface area contributed by atoms with Crippen molar-refractivity contribution in [3.8, 4) is 0 Å². The van der Waals surface area contributed by atoms with Crippen molar-refractivity contribution in [1.82, 2.24) is 15.2 Å². The van der Waals surface area contributed by atoms with Crippen molar-refractivity contribution in [1.29, 1.82) is 0 Å². The monoisotopic (exact) mass is 269 g/mol. The number of hydrogen-bond donors (Lipinski definition) is 1. The molecule has 0 spiro atoms. The summed E-state index contributed by atoms with van der Waals surface area (Å²) in [7, 11) is 0. The first kappa shape index (κ1) is 15.0. The van der Waals surface area contributed by atoms with Crippen molar-refractivity contribution < 1.29 is 4.79 Å². The van der Waals surface area contributed by atoms with E-state index < -0.39 is 0 Å². The molecule has 102 valence electrons. The van der Waals surface area contributed by atoms with Gasteiger partial charge in [-0.05, 0) is 19.8 Å². The Balaban J connectivity index is 2.30. The molecule has 1 aromatic rings. The number of amides is 2. The van der Waals surface area contributed by atoms with Gasteiger partial charge in [0.05, 0.1) is 10.7 Å². The Bertz CT molecular complexity index is 359. The maximum absolute atomic E-state index is 11.9. The van der Waals surface area contributed by atoms with Gasteiger partial charge in [-0.3, -0.25) is 0 Å². The van der Waals surface area contributed by atoms with Crippen LogP contribution in [0.15, 0.2) is 5.38 Å². The van der Waals surface area contributed by atoms with Gasteiger partial charge in [-0.15, -0.1) is 11.3 Å². The zero-order valence-electron chi connectivity index (χ0n) is 11.5. The van der Waals surface area contributed by atoms with Crippen LogP contribution < -0.4 is 5.32 Å². The number of urea groups is 1. The second kappa shape index (κ2) is 8.08. The molecule has 0 atom stereocenters. The summed E-state index contributed by atoms with van der Waals surface area (Å²) >= 11 is 1.65. The highest BCUT2D eigenvalue weighted by Gasteiger charge is 2.10. The summed E-state index contributed by atoms with van der Waals surface area (Å²) in [4.78, 5) is 18.2. The SMILES string of the molecule is CCCN(CCC)C(=O)NCCc1csc(C)n1. The van der Waals surface area contributed by atoms with Crippen LogP contribution in [-0.2, 0) is 6.42 Å². The van der Waals surface area contributed by atoms with Crippen molar-refractivity contribution in [2.45, 2.75) is 40.0 Å². The van der Waals surface area contributed by atoms with Crippen molar-refractivity contribution in [3.63, 3.8) is 0 Å². The summed E-state index contributed by atoms with van der Waals surface area (Å²) in [6.07, 6.45) is 2.81. The third kappa shape index (κ3) is 5.04. The minimum absolute atomic E-state index is 0.0469. The standard InChI is InChI=1S/C13H23N3OS/c1-4-8-16(9-5-2)13(17)14-7-6-12-10-18-11(3)15-12/h10H,4-9H2,1-3H3,(H,14,17). The van der Waals surface area contributed by atoms with Gasteiger partial charge in [0.25, 0.3) is 0 Å². The maximum atomic E-state index is 11.9. The zero-order valence-corrected chi connectivity index (χ0v) is 12.3. The predicted molar refractivity (Wildman–Crippen MR) is 76.1 cm³/mol. The molecule has 0 saturated carbocycles. The highest BCUT2D eigenvalue weighted by Crippen LogP contribution is 2.07. The first-order chi connectivity index (χ1) is 8.67. The number of hydrogen-bond acceptors (Lipinski definition) is 3. The Hall–Kier alpha value is -1.10. The molecule has 18 heavy (non-hydrogen) atoms. The summed E-state index contributed by atoms with van der Waals surface area (Å²) in [6, 6.07) is 0.0469. The molecular weight excluding hydrogens is 246 g/mol. The van der Waals surface area contributed by atoms with E-state index in [4.69, 9.17) is 0 Å². The molecule has 0 aromatic carbocycles. The van der Waals surface area contributed by atoms with Gasteiger partial charge < -0.3 is 10.2 Å². The molecule has 0 fully saturated rings. The predicted octanol–water partition coefficient (Wildman–Crippen LogP) is 2.83. The summed E-state index contributed by atoms with van der Waals surface area (Å²) < 4.78 is 0. The van der Waals surface area contributed by atoms with Gasteiger partial charge in [-0.25, -0.2) is 9.78 Å². The number of nitrogens with zero attached hydrogens (tertiary/aromatic N) is 2. The Labute approximate surface area is 113 Å². The zero-order chi connectivity index (χ0) is 13.4. The first-order valence-electron chi connectivity index (χ1n) is 6.61. The fraction of sp³-hybridized carbons (Fsp3) is 0.692. The average molecular weight is 269 g/mol. The molecule has 1 heterocycles. The molecule has 0 saturated heterocycles. The number of carbonyl (C=O) groups is 1. The van der Waals surface area contributed by atoms with E-state index in [9.17, 15) is 4.79 Å². The number of aryl methyl sites for hydroxylation is 1. The van der Waals surface area contributed by atoms with E-state index in [0.29, 0.717) is 6.54 Å². The Morgan fingerprint density at radius 2 is 2.06 bits per heavy atom. The molecule has 0 radical (unpaired) electrons. The summed E-state index contributed by atoms with van der Waals surface area (Å²) in [5.41, 5.74) is 1.07. The van der Waals surface area contributed by atoms with E-state index in [-0.39, 0.29) is 6.03 Å². The quantitative estimate of drug-likeness (QED) is 0.827. The van der Waals surface area contributed by atoms with Crippen LogP contribution in [0.25, 0.3) is 0 Å². The number of rotatable bonds is 7. The van der Waals surface area contributed by atoms with Crippen molar-refractivity contribution in [2.24, 2.45) is 0 Å². The molecule has 0 aliphatic heterocycles. The molecule has 0 unspecified atom stereocenters. The lowest BCUT2D eigenvalue weighted by molar-refractivity contribution is 0.198. The first-order valence-corrected chi connectivity index (χ1v) is 7.49. The molecule has 4 nitrogen and oxygen atoms in total. The smallest absolute Gasteiger partial charge is 0.317 e. The van der Waals surface area contributed by atoms with Crippen LogP contribution in [0.5, 0.6) is 0 Å². The lowest BCUT2D eigenvalue weighted by Crippen LogP contribution is -2.41. The number of aromatic nitrogens is 1. The summed E-state index contributed by atoms with van der Waals surface area (Å²) in [6.45, 7) is 8.50. The molecule has 0 aliphatic rings. The minimum atomic E-state index is 0.0469. The lowest BCUT2D eigenvalue weighted by Gasteiger charge is -2.21. The van der Waals surface area contributed by atoms with Gasteiger partial charge in [0.2, 0.25) is 0 Å². The van der Waals surface area contributed by atoms with Crippen molar-refractivity contribution in [2.75, 3.05) is 19.6 Å². The Morgan fingerprint density at radius 1 is 1.39 bits per heavy atom. The fourth-order valence-corrected chi connectivity index (χ4v) is 2.43. The normalized spacial score (nSPS) is 10.4. The number of carbonyl (C=O) groups excluding carboxylic acids is 1. The number of thiazole rings is 1. The second-order valence-electron chi connectivity index (χ2n) is 4.33. The minimum Gasteiger partial charge on any atom is -0.338 e. The average Bonchev–Trinajstić information content (AvgIpc) is 2.75. The van der Waals surface area contributed by atoms with E-state index in [0.717, 1.165) is 43.1 Å². The highest BCUT2D eigenvalue weighted by molar-refractivity contribution is 7.09. The molecule has 1 aromatic heterocycles. The van der Waals surface area contributed by atoms with Crippen LogP contribution >= 0.6 is 11.3 Å². The Kier molecular flexibility index (Phi) is 6.72. The van der Waals surface area contributed by atoms with Crippen molar-refractivity contribution in [3.05, 3.63) is 16.1 Å². The molecule has 1 rings (SSSR count). The van der Waals surface area contributed by atoms with Gasteiger partial charge in [0, 0.05) is 31.4 Å². The van der Waals surface area contributed by atoms with E-state index in [1.165, 1.54) is 0 Å². The fourth-order valence-electron chi connectivity index (χ4n) is 1.79. The van der Waals surface area contributed by atoms with E-state index in [1.807, 2.05) is 11.8 Å². The van der Waals surface area contributed by atoms with Crippen LogP contribution in [0.4, 0.5) is 4.79 Å². The third-order valence-electron chi connectivity index (χ3n) is 2.60. The molecule has 5 heteroatoms. The van der Waals surface area contributed by atoms with Crippen LogP contribution in [0, 0.1) is 6.92 Å².